The van der Waals surface area contributed by atoms with Gasteiger partial charge in [-0.3, -0.25) is 0 Å². The minimum absolute atomic E-state index is 0.407. The molecule has 0 unspecified atom stereocenters. The molecular weight excluding hydrogens is 196 g/mol. The summed E-state index contributed by atoms with van der Waals surface area (Å²) in [6, 6.07) is 0. The average molecular weight is 204 g/mol. The van der Waals surface area contributed by atoms with E-state index in [9.17, 15) is 9.90 Å². The molecule has 0 radical (unpaired) electrons. The normalized spacial score (nSPS) is 26.9. The van der Waals surface area contributed by atoms with E-state index in [-0.39, 0.29) is 0 Å². The molecule has 1 aliphatic heterocycles. The van der Waals surface area contributed by atoms with Crippen LogP contribution in [0, 0.1) is 0 Å². The van der Waals surface area contributed by atoms with E-state index in [1.807, 2.05) is 0 Å². The van der Waals surface area contributed by atoms with E-state index < -0.39 is 35.6 Å². The second kappa shape index (κ2) is 3.20. The zero-order valence-corrected chi connectivity index (χ0v) is 6.84. The van der Waals surface area contributed by atoms with E-state index >= 15 is 0 Å². The molecule has 0 saturated carbocycles. The first-order valence-electron chi connectivity index (χ1n) is 3.50. The van der Waals surface area contributed by atoms with Gasteiger partial charge in [0.2, 0.25) is 0 Å². The number of hydrogen-bond acceptors (Lipinski definition) is 6. The van der Waals surface area contributed by atoms with Crippen molar-refractivity contribution in [3.05, 3.63) is 23.4 Å². The Hall–Kier alpha value is -1.73. The number of carboxylic acids is 1. The van der Waals surface area contributed by atoms with Crippen LogP contribution in [-0.2, 0) is 9.53 Å². The Balaban J connectivity index is 3.12. The van der Waals surface area contributed by atoms with Crippen molar-refractivity contribution in [1.82, 2.24) is 0 Å². The molecule has 0 aromatic heterocycles. The Kier molecular flexibility index (Phi) is 2.37. The maximum absolute atomic E-state index is 10.5. The number of carboxylic acid groups (broad SMARTS) is 1. The maximum Gasteiger partial charge on any atom is 0.381 e. The summed E-state index contributed by atoms with van der Waals surface area (Å²) in [6.07, 6.45) is 0.407. The Morgan fingerprint density at radius 3 is 2.50 bits per heavy atom. The van der Waals surface area contributed by atoms with Crippen LogP contribution in [0.3, 0.4) is 0 Å². The van der Waals surface area contributed by atoms with Crippen LogP contribution in [-0.4, -0.2) is 43.9 Å². The average Bonchev–Trinajstić information content (AvgIpc) is 2.11. The highest BCUT2D eigenvalue weighted by molar-refractivity contribution is 5.78. The van der Waals surface area contributed by atoms with Crippen molar-refractivity contribution in [2.75, 3.05) is 6.61 Å². The SMILES string of the molecule is O=C(O)[C@@]1(O)C=C(O)C(O)=C(CO)O1. The van der Waals surface area contributed by atoms with Crippen LogP contribution in [0.1, 0.15) is 0 Å². The largest absolute Gasteiger partial charge is 0.504 e. The van der Waals surface area contributed by atoms with Crippen LogP contribution in [0.25, 0.3) is 0 Å². The Labute approximate surface area is 77.8 Å². The summed E-state index contributed by atoms with van der Waals surface area (Å²) >= 11 is 0. The van der Waals surface area contributed by atoms with Gasteiger partial charge in [0.1, 0.15) is 6.61 Å². The monoisotopic (exact) mass is 204 g/mol. The van der Waals surface area contributed by atoms with Crippen LogP contribution in [0.4, 0.5) is 0 Å². The van der Waals surface area contributed by atoms with Gasteiger partial charge in [-0.05, 0) is 0 Å². The fourth-order valence-electron chi connectivity index (χ4n) is 0.875. The molecule has 0 fully saturated rings. The molecule has 1 aliphatic rings. The van der Waals surface area contributed by atoms with Crippen molar-refractivity contribution >= 4 is 5.97 Å². The summed E-state index contributed by atoms with van der Waals surface area (Å²) in [5.74, 6) is -6.84. The van der Waals surface area contributed by atoms with E-state index in [1.165, 1.54) is 0 Å². The van der Waals surface area contributed by atoms with Gasteiger partial charge in [0, 0.05) is 6.08 Å². The highest BCUT2D eigenvalue weighted by atomic mass is 16.7. The number of carbonyl (C=O) groups is 1. The van der Waals surface area contributed by atoms with Crippen LogP contribution in [0.15, 0.2) is 23.4 Å². The first-order chi connectivity index (χ1) is 6.40. The van der Waals surface area contributed by atoms with Gasteiger partial charge in [-0.15, -0.1) is 0 Å². The number of rotatable bonds is 2. The molecule has 0 aromatic carbocycles. The first kappa shape index (κ1) is 10.4. The van der Waals surface area contributed by atoms with Crippen LogP contribution < -0.4 is 0 Å². The summed E-state index contributed by atoms with van der Waals surface area (Å²) in [5.41, 5.74) is 0. The predicted octanol–water partition coefficient (Wildman–Crippen LogP) is -1.01. The second-order valence-electron chi connectivity index (χ2n) is 2.56. The Bertz CT molecular complexity index is 329. The molecule has 0 spiro atoms. The Morgan fingerprint density at radius 1 is 1.50 bits per heavy atom. The summed E-state index contributed by atoms with van der Waals surface area (Å²) in [5, 5.41) is 44.4. The molecule has 1 atom stereocenters. The highest BCUT2D eigenvalue weighted by Gasteiger charge is 2.42. The molecular formula is C7H8O7. The van der Waals surface area contributed by atoms with Gasteiger partial charge in [0.15, 0.2) is 17.3 Å². The van der Waals surface area contributed by atoms with E-state index in [1.54, 1.807) is 0 Å². The molecule has 1 rings (SSSR count). The zero-order valence-electron chi connectivity index (χ0n) is 6.84. The third-order valence-electron chi connectivity index (χ3n) is 1.57. The van der Waals surface area contributed by atoms with Gasteiger partial charge < -0.3 is 30.3 Å². The number of hydrogen-bond donors (Lipinski definition) is 5. The molecule has 0 aliphatic carbocycles. The zero-order chi connectivity index (χ0) is 10.9. The molecule has 14 heavy (non-hydrogen) atoms. The topological polar surface area (TPSA) is 127 Å². The van der Waals surface area contributed by atoms with Gasteiger partial charge >= 0.3 is 11.8 Å². The van der Waals surface area contributed by atoms with Crippen molar-refractivity contribution < 1.29 is 35.1 Å². The number of aliphatic carboxylic acids is 1. The molecule has 0 bridgehead atoms. The first-order valence-corrected chi connectivity index (χ1v) is 3.50. The van der Waals surface area contributed by atoms with E-state index in [4.69, 9.17) is 20.4 Å². The third-order valence-corrected chi connectivity index (χ3v) is 1.57. The lowest BCUT2D eigenvalue weighted by Gasteiger charge is -2.26. The lowest BCUT2D eigenvalue weighted by atomic mass is 10.1. The van der Waals surface area contributed by atoms with Crippen LogP contribution >= 0.6 is 0 Å². The lowest BCUT2D eigenvalue weighted by Crippen LogP contribution is -2.42. The van der Waals surface area contributed by atoms with Gasteiger partial charge in [-0.25, -0.2) is 4.79 Å². The predicted molar refractivity (Wildman–Crippen MR) is 41.1 cm³/mol. The van der Waals surface area contributed by atoms with E-state index in [0.29, 0.717) is 6.08 Å². The van der Waals surface area contributed by atoms with Gasteiger partial charge in [0.05, 0.1) is 0 Å². The number of ether oxygens (including phenoxy) is 1. The minimum Gasteiger partial charge on any atom is -0.504 e. The fourth-order valence-corrected chi connectivity index (χ4v) is 0.875. The summed E-state index contributed by atoms with van der Waals surface area (Å²) in [4.78, 5) is 10.5. The molecule has 7 heteroatoms. The standard InChI is InChI=1S/C7H8O7/c8-2-4-5(10)3(9)1-7(13,14-4)6(11)12/h1,8-10,13H,2H2,(H,11,12)/t7-/m1/s1. The summed E-state index contributed by atoms with van der Waals surface area (Å²) in [7, 11) is 0. The van der Waals surface area contributed by atoms with Gasteiger partial charge in [-0.2, -0.15) is 0 Å². The summed E-state index contributed by atoms with van der Waals surface area (Å²) < 4.78 is 4.37. The smallest absolute Gasteiger partial charge is 0.381 e. The molecule has 0 aromatic rings. The van der Waals surface area contributed by atoms with Crippen molar-refractivity contribution in [3.8, 4) is 0 Å². The molecule has 7 nitrogen and oxygen atoms in total. The van der Waals surface area contributed by atoms with E-state index in [2.05, 4.69) is 4.74 Å². The maximum atomic E-state index is 10.5. The lowest BCUT2D eigenvalue weighted by molar-refractivity contribution is -0.197. The van der Waals surface area contributed by atoms with Crippen molar-refractivity contribution in [3.63, 3.8) is 0 Å². The van der Waals surface area contributed by atoms with Crippen molar-refractivity contribution in [2.45, 2.75) is 5.79 Å². The van der Waals surface area contributed by atoms with Gasteiger partial charge in [-0.1, -0.05) is 0 Å². The molecule has 78 valence electrons. The second-order valence-corrected chi connectivity index (χ2v) is 2.56. The highest BCUT2D eigenvalue weighted by Crippen LogP contribution is 2.26. The number of aliphatic hydroxyl groups excluding tert-OH is 3. The Morgan fingerprint density at radius 2 is 2.07 bits per heavy atom. The van der Waals surface area contributed by atoms with Crippen LogP contribution in [0.5, 0.6) is 0 Å². The summed E-state index contributed by atoms with van der Waals surface area (Å²) in [6.45, 7) is -0.848. The fraction of sp³-hybridized carbons (Fsp3) is 0.286. The quantitative estimate of drug-likeness (QED) is 0.390. The van der Waals surface area contributed by atoms with Gasteiger partial charge in [0.25, 0.3) is 0 Å². The molecule has 5 N–H and O–H groups in total. The van der Waals surface area contributed by atoms with Crippen LogP contribution in [0.2, 0.25) is 0 Å². The molecule has 0 amide bonds. The molecule has 1 heterocycles. The van der Waals surface area contributed by atoms with E-state index in [0.717, 1.165) is 0 Å². The molecule has 0 saturated heterocycles. The number of aliphatic hydroxyl groups is 4. The van der Waals surface area contributed by atoms with Crippen molar-refractivity contribution in [2.24, 2.45) is 0 Å². The third kappa shape index (κ3) is 1.50. The minimum atomic E-state index is -2.77. The van der Waals surface area contributed by atoms with Crippen molar-refractivity contribution in [1.29, 1.82) is 0 Å².